The van der Waals surface area contributed by atoms with Gasteiger partial charge >= 0.3 is 0 Å². The maximum atomic E-state index is 12.8. The van der Waals surface area contributed by atoms with Crippen LogP contribution in [0.25, 0.3) is 0 Å². The number of carbonyl (C=O) groups excluding carboxylic acids is 2. The van der Waals surface area contributed by atoms with Gasteiger partial charge in [0.05, 0.1) is 13.2 Å². The summed E-state index contributed by atoms with van der Waals surface area (Å²) in [6.45, 7) is 10.6. The van der Waals surface area contributed by atoms with Crippen molar-refractivity contribution < 1.29 is 19.1 Å². The lowest BCUT2D eigenvalue weighted by Crippen LogP contribution is -2.53. The molecule has 7 nitrogen and oxygen atoms in total. The van der Waals surface area contributed by atoms with Crippen LogP contribution in [0.15, 0.2) is 18.2 Å². The van der Waals surface area contributed by atoms with Crippen molar-refractivity contribution in [3.63, 3.8) is 0 Å². The van der Waals surface area contributed by atoms with E-state index >= 15 is 0 Å². The number of nitrogens with zero attached hydrogens (tertiary/aromatic N) is 1. The summed E-state index contributed by atoms with van der Waals surface area (Å²) in [5, 5.41) is 6.03. The van der Waals surface area contributed by atoms with E-state index in [0.29, 0.717) is 17.9 Å². The number of amides is 2. The summed E-state index contributed by atoms with van der Waals surface area (Å²) in [6.07, 6.45) is 1.24. The lowest BCUT2D eigenvalue weighted by atomic mass is 10.0. The molecule has 28 heavy (non-hydrogen) atoms. The summed E-state index contributed by atoms with van der Waals surface area (Å²) in [4.78, 5) is 27.5. The van der Waals surface area contributed by atoms with E-state index in [-0.39, 0.29) is 17.4 Å². The van der Waals surface area contributed by atoms with Gasteiger partial charge in [-0.3, -0.25) is 14.5 Å². The summed E-state index contributed by atoms with van der Waals surface area (Å²) in [5.41, 5.74) is 1.72. The van der Waals surface area contributed by atoms with Crippen molar-refractivity contribution in [1.29, 1.82) is 0 Å². The number of aryl methyl sites for hydroxylation is 1. The fourth-order valence-electron chi connectivity index (χ4n) is 3.63. The monoisotopic (exact) mass is 389 g/mol. The summed E-state index contributed by atoms with van der Waals surface area (Å²) in [7, 11) is 0. The highest BCUT2D eigenvalue weighted by Crippen LogP contribution is 2.20. The molecule has 3 rings (SSSR count). The average Bonchev–Trinajstić information content (AvgIpc) is 3.18. The van der Waals surface area contributed by atoms with Gasteiger partial charge in [-0.2, -0.15) is 0 Å². The van der Waals surface area contributed by atoms with Gasteiger partial charge in [-0.05, 0) is 51.3 Å². The van der Waals surface area contributed by atoms with Gasteiger partial charge in [0.1, 0.15) is 6.10 Å². The molecule has 0 bridgehead atoms. The molecule has 0 radical (unpaired) electrons. The second-order valence-corrected chi connectivity index (χ2v) is 8.25. The van der Waals surface area contributed by atoms with Crippen LogP contribution in [0.4, 0.5) is 5.69 Å². The van der Waals surface area contributed by atoms with Gasteiger partial charge in [0, 0.05) is 43.0 Å². The van der Waals surface area contributed by atoms with E-state index in [4.69, 9.17) is 9.47 Å². The van der Waals surface area contributed by atoms with Crippen molar-refractivity contribution in [2.24, 2.45) is 0 Å². The standard InChI is InChI=1S/C21H31N3O4/c1-15-6-7-16(13-17(15)22-20(26)18-5-4-10-28-18)19(25)23-21(2,3)14-24-8-11-27-12-9-24/h6-7,13,18H,4-5,8-12,14H2,1-3H3,(H,22,26)(H,23,25)/t18-/m0/s1. The van der Waals surface area contributed by atoms with Crippen LogP contribution in [-0.2, 0) is 14.3 Å². The number of hydrogen-bond donors (Lipinski definition) is 2. The van der Waals surface area contributed by atoms with E-state index in [2.05, 4.69) is 15.5 Å². The number of anilines is 1. The average molecular weight is 389 g/mol. The summed E-state index contributed by atoms with van der Waals surface area (Å²) < 4.78 is 10.8. The van der Waals surface area contributed by atoms with E-state index in [9.17, 15) is 9.59 Å². The van der Waals surface area contributed by atoms with Crippen LogP contribution in [0.1, 0.15) is 42.6 Å². The molecule has 2 saturated heterocycles. The Labute approximate surface area is 166 Å². The first-order chi connectivity index (χ1) is 13.3. The largest absolute Gasteiger partial charge is 0.379 e. The van der Waals surface area contributed by atoms with Gasteiger partial charge in [0.2, 0.25) is 0 Å². The second-order valence-electron chi connectivity index (χ2n) is 8.25. The smallest absolute Gasteiger partial charge is 0.253 e. The SMILES string of the molecule is Cc1ccc(C(=O)NC(C)(C)CN2CCOCC2)cc1NC(=O)[C@@H]1CCCO1. The van der Waals surface area contributed by atoms with Crippen molar-refractivity contribution in [1.82, 2.24) is 10.2 Å². The number of carbonyl (C=O) groups is 2. The molecular formula is C21H31N3O4. The molecule has 0 saturated carbocycles. The predicted molar refractivity (Wildman–Crippen MR) is 108 cm³/mol. The zero-order chi connectivity index (χ0) is 20.1. The maximum Gasteiger partial charge on any atom is 0.253 e. The molecule has 2 N–H and O–H groups in total. The van der Waals surface area contributed by atoms with Crippen LogP contribution >= 0.6 is 0 Å². The molecular weight excluding hydrogens is 358 g/mol. The van der Waals surface area contributed by atoms with E-state index < -0.39 is 6.10 Å². The normalized spacial score (nSPS) is 20.8. The molecule has 2 aliphatic rings. The highest BCUT2D eigenvalue weighted by atomic mass is 16.5. The topological polar surface area (TPSA) is 79.9 Å². The maximum absolute atomic E-state index is 12.8. The minimum atomic E-state index is -0.399. The highest BCUT2D eigenvalue weighted by molar-refractivity contribution is 5.99. The van der Waals surface area contributed by atoms with E-state index in [1.165, 1.54) is 0 Å². The Balaban J connectivity index is 1.63. The molecule has 2 aliphatic heterocycles. The van der Waals surface area contributed by atoms with Gasteiger partial charge in [-0.15, -0.1) is 0 Å². The lowest BCUT2D eigenvalue weighted by Gasteiger charge is -2.35. The summed E-state index contributed by atoms with van der Waals surface area (Å²) in [6, 6.07) is 5.38. The Kier molecular flexibility index (Phi) is 6.69. The molecule has 1 atom stereocenters. The molecule has 2 heterocycles. The van der Waals surface area contributed by atoms with Crippen molar-refractivity contribution in [3.05, 3.63) is 29.3 Å². The van der Waals surface area contributed by atoms with E-state index in [1.54, 1.807) is 12.1 Å². The fraction of sp³-hybridized carbons (Fsp3) is 0.619. The molecule has 1 aromatic rings. The number of morpholine rings is 1. The van der Waals surface area contributed by atoms with Crippen LogP contribution in [0.2, 0.25) is 0 Å². The molecule has 154 valence electrons. The highest BCUT2D eigenvalue weighted by Gasteiger charge is 2.27. The first kappa shape index (κ1) is 20.8. The minimum absolute atomic E-state index is 0.147. The van der Waals surface area contributed by atoms with E-state index in [1.807, 2.05) is 26.8 Å². The number of ether oxygens (including phenoxy) is 2. The van der Waals surface area contributed by atoms with Crippen LogP contribution < -0.4 is 10.6 Å². The summed E-state index contributed by atoms with van der Waals surface area (Å²) in [5.74, 6) is -0.295. The molecule has 0 aliphatic carbocycles. The molecule has 0 aromatic heterocycles. The van der Waals surface area contributed by atoms with Crippen LogP contribution in [0.5, 0.6) is 0 Å². The zero-order valence-corrected chi connectivity index (χ0v) is 17.0. The number of benzene rings is 1. The third kappa shape index (κ3) is 5.53. The Morgan fingerprint density at radius 1 is 1.21 bits per heavy atom. The lowest BCUT2D eigenvalue weighted by molar-refractivity contribution is -0.124. The molecule has 2 fully saturated rings. The van der Waals surface area contributed by atoms with Gasteiger partial charge in [0.25, 0.3) is 11.8 Å². The van der Waals surface area contributed by atoms with Crippen LogP contribution in [0, 0.1) is 6.92 Å². The third-order valence-electron chi connectivity index (χ3n) is 5.15. The molecule has 2 amide bonds. The van der Waals surface area contributed by atoms with Crippen LogP contribution in [0.3, 0.4) is 0 Å². The fourth-order valence-corrected chi connectivity index (χ4v) is 3.63. The Hall–Kier alpha value is -1.96. The van der Waals surface area contributed by atoms with Crippen LogP contribution in [-0.4, -0.2) is 67.8 Å². The Morgan fingerprint density at radius 3 is 2.64 bits per heavy atom. The van der Waals surface area contributed by atoms with Gasteiger partial charge in [-0.1, -0.05) is 6.07 Å². The first-order valence-corrected chi connectivity index (χ1v) is 10.00. The first-order valence-electron chi connectivity index (χ1n) is 10.00. The van der Waals surface area contributed by atoms with Crippen molar-refractivity contribution in [3.8, 4) is 0 Å². The number of nitrogens with one attached hydrogen (secondary N) is 2. The molecule has 7 heteroatoms. The summed E-state index contributed by atoms with van der Waals surface area (Å²) >= 11 is 0. The Bertz CT molecular complexity index is 708. The predicted octanol–water partition coefficient (Wildman–Crippen LogP) is 1.95. The van der Waals surface area contributed by atoms with Crippen molar-refractivity contribution in [2.75, 3.05) is 44.8 Å². The van der Waals surface area contributed by atoms with Crippen molar-refractivity contribution >= 4 is 17.5 Å². The second kappa shape index (κ2) is 9.03. The van der Waals surface area contributed by atoms with Crippen molar-refractivity contribution in [2.45, 2.75) is 45.3 Å². The molecule has 0 spiro atoms. The quantitative estimate of drug-likeness (QED) is 0.777. The molecule has 1 aromatic carbocycles. The van der Waals surface area contributed by atoms with Gasteiger partial charge < -0.3 is 20.1 Å². The van der Waals surface area contributed by atoms with Gasteiger partial charge in [-0.25, -0.2) is 0 Å². The Morgan fingerprint density at radius 2 is 1.96 bits per heavy atom. The van der Waals surface area contributed by atoms with Gasteiger partial charge in [0.15, 0.2) is 0 Å². The van der Waals surface area contributed by atoms with E-state index in [0.717, 1.165) is 51.3 Å². The molecule has 0 unspecified atom stereocenters. The third-order valence-corrected chi connectivity index (χ3v) is 5.15. The number of rotatable bonds is 6. The zero-order valence-electron chi connectivity index (χ0n) is 17.0. The minimum Gasteiger partial charge on any atom is -0.379 e. The number of hydrogen-bond acceptors (Lipinski definition) is 5.